The van der Waals surface area contributed by atoms with Gasteiger partial charge < -0.3 is 20.5 Å². The Morgan fingerprint density at radius 3 is 2.64 bits per heavy atom. The molecule has 1 amide bonds. The van der Waals surface area contributed by atoms with E-state index < -0.39 is 11.7 Å². The first-order valence-electron chi connectivity index (χ1n) is 8.14. The molecule has 0 aliphatic heterocycles. The van der Waals surface area contributed by atoms with Crippen LogP contribution in [0.1, 0.15) is 27.7 Å². The van der Waals surface area contributed by atoms with Crippen molar-refractivity contribution < 1.29 is 14.3 Å². The molecular formula is C18H26N4O3. The topological polar surface area (TPSA) is 91.4 Å². The minimum atomic E-state index is -0.531. The molecule has 0 spiro atoms. The van der Waals surface area contributed by atoms with E-state index in [-0.39, 0.29) is 6.04 Å². The molecule has 1 atom stereocenters. The van der Waals surface area contributed by atoms with E-state index in [1.165, 1.54) is 0 Å². The van der Waals surface area contributed by atoms with E-state index in [0.29, 0.717) is 18.0 Å². The number of rotatable bonds is 5. The van der Waals surface area contributed by atoms with Crippen LogP contribution in [0.5, 0.6) is 5.75 Å². The standard InChI is InChI=1S/C18H26N4O3/c1-12(21-17(23)25-18(2,3)4)11-24-16-7-13(6-15(19)8-16)14-9-20-22(5)10-14/h6-10,12H,11,19H2,1-5H3,(H,21,23)/t12-/m1/s1. The van der Waals surface area contributed by atoms with Crippen molar-refractivity contribution in [3.63, 3.8) is 0 Å². The van der Waals surface area contributed by atoms with Crippen LogP contribution in [0.3, 0.4) is 0 Å². The number of carbonyl (C=O) groups is 1. The molecular weight excluding hydrogens is 320 g/mol. The number of nitrogens with zero attached hydrogens (tertiary/aromatic N) is 2. The van der Waals surface area contributed by atoms with Gasteiger partial charge in [-0.1, -0.05) is 0 Å². The molecule has 136 valence electrons. The maximum absolute atomic E-state index is 11.8. The Bertz CT molecular complexity index is 734. The van der Waals surface area contributed by atoms with Gasteiger partial charge in [-0.05, 0) is 45.4 Å². The zero-order valence-corrected chi connectivity index (χ0v) is 15.4. The van der Waals surface area contributed by atoms with Crippen LogP contribution in [0.25, 0.3) is 11.1 Å². The first kappa shape index (κ1) is 18.6. The fourth-order valence-corrected chi connectivity index (χ4v) is 2.21. The Morgan fingerprint density at radius 2 is 2.04 bits per heavy atom. The number of amides is 1. The van der Waals surface area contributed by atoms with Crippen LogP contribution in [0.15, 0.2) is 30.6 Å². The van der Waals surface area contributed by atoms with Crippen molar-refractivity contribution in [2.45, 2.75) is 39.3 Å². The first-order valence-corrected chi connectivity index (χ1v) is 8.14. The van der Waals surface area contributed by atoms with Crippen LogP contribution in [0.4, 0.5) is 10.5 Å². The number of hydrogen-bond donors (Lipinski definition) is 2. The molecule has 0 aliphatic carbocycles. The largest absolute Gasteiger partial charge is 0.491 e. The summed E-state index contributed by atoms with van der Waals surface area (Å²) in [5, 5.41) is 6.90. The predicted molar refractivity (Wildman–Crippen MR) is 97.4 cm³/mol. The van der Waals surface area contributed by atoms with E-state index in [2.05, 4.69) is 10.4 Å². The third-order valence-corrected chi connectivity index (χ3v) is 3.23. The Kier molecular flexibility index (Phi) is 5.56. The average molecular weight is 346 g/mol. The minimum absolute atomic E-state index is 0.210. The fraction of sp³-hybridized carbons (Fsp3) is 0.444. The summed E-state index contributed by atoms with van der Waals surface area (Å²) in [5.41, 5.74) is 7.92. The third-order valence-electron chi connectivity index (χ3n) is 3.23. The summed E-state index contributed by atoms with van der Waals surface area (Å²) < 4.78 is 12.7. The zero-order valence-electron chi connectivity index (χ0n) is 15.4. The lowest BCUT2D eigenvalue weighted by atomic mass is 10.1. The predicted octanol–water partition coefficient (Wildman–Crippen LogP) is 2.96. The second kappa shape index (κ2) is 7.46. The van der Waals surface area contributed by atoms with Crippen molar-refractivity contribution in [2.75, 3.05) is 12.3 Å². The highest BCUT2D eigenvalue weighted by Gasteiger charge is 2.18. The number of nitrogens with two attached hydrogens (primary N) is 1. The van der Waals surface area contributed by atoms with Gasteiger partial charge in [-0.2, -0.15) is 5.10 Å². The summed E-state index contributed by atoms with van der Waals surface area (Å²) in [6.07, 6.45) is 3.21. The van der Waals surface area contributed by atoms with Crippen molar-refractivity contribution in [2.24, 2.45) is 7.05 Å². The number of nitrogens with one attached hydrogen (secondary N) is 1. The van der Waals surface area contributed by atoms with Crippen LogP contribution in [0, 0.1) is 0 Å². The summed E-state index contributed by atoms with van der Waals surface area (Å²) in [5.74, 6) is 0.636. The van der Waals surface area contributed by atoms with Gasteiger partial charge in [-0.25, -0.2) is 4.79 Å². The molecule has 3 N–H and O–H groups in total. The molecule has 0 unspecified atom stereocenters. The molecule has 7 heteroatoms. The summed E-state index contributed by atoms with van der Waals surface area (Å²) in [6, 6.07) is 5.30. The molecule has 0 radical (unpaired) electrons. The summed E-state index contributed by atoms with van der Waals surface area (Å²) in [4.78, 5) is 11.8. The van der Waals surface area contributed by atoms with Gasteiger partial charge in [0.05, 0.1) is 12.2 Å². The summed E-state index contributed by atoms with van der Waals surface area (Å²) in [6.45, 7) is 7.61. The molecule has 25 heavy (non-hydrogen) atoms. The Hall–Kier alpha value is -2.70. The van der Waals surface area contributed by atoms with Gasteiger partial charge >= 0.3 is 6.09 Å². The van der Waals surface area contributed by atoms with Crippen molar-refractivity contribution in [1.29, 1.82) is 0 Å². The van der Waals surface area contributed by atoms with Gasteiger partial charge in [0.25, 0.3) is 0 Å². The van der Waals surface area contributed by atoms with Crippen LogP contribution in [0.2, 0.25) is 0 Å². The number of hydrogen-bond acceptors (Lipinski definition) is 5. The van der Waals surface area contributed by atoms with Gasteiger partial charge in [0.1, 0.15) is 18.0 Å². The van der Waals surface area contributed by atoms with Crippen LogP contribution in [-0.4, -0.2) is 34.1 Å². The normalized spacial score (nSPS) is 12.5. The van der Waals surface area contributed by atoms with Crippen LogP contribution >= 0.6 is 0 Å². The van der Waals surface area contributed by atoms with E-state index in [0.717, 1.165) is 11.1 Å². The number of carbonyl (C=O) groups excluding carboxylic acids is 1. The Balaban J connectivity index is 1.96. The smallest absolute Gasteiger partial charge is 0.407 e. The molecule has 0 fully saturated rings. The zero-order chi connectivity index (χ0) is 18.6. The van der Waals surface area contributed by atoms with E-state index in [1.807, 2.05) is 53.1 Å². The molecule has 2 rings (SSSR count). The first-order chi connectivity index (χ1) is 11.6. The molecule has 1 aromatic heterocycles. The van der Waals surface area contributed by atoms with E-state index in [9.17, 15) is 4.79 Å². The molecule has 0 saturated carbocycles. The number of alkyl carbamates (subject to hydrolysis) is 1. The SMILES string of the molecule is C[C@H](COc1cc(N)cc(-c2cnn(C)c2)c1)NC(=O)OC(C)(C)C. The number of nitrogen functional groups attached to an aromatic ring is 1. The number of anilines is 1. The van der Waals surface area contributed by atoms with Gasteiger partial charge in [-0.15, -0.1) is 0 Å². The number of benzene rings is 1. The number of aromatic nitrogens is 2. The van der Waals surface area contributed by atoms with Gasteiger partial charge in [0, 0.05) is 30.6 Å². The van der Waals surface area contributed by atoms with E-state index in [4.69, 9.17) is 15.2 Å². The second-order valence-electron chi connectivity index (χ2n) is 7.05. The maximum Gasteiger partial charge on any atom is 0.407 e. The molecule has 2 aromatic rings. The highest BCUT2D eigenvalue weighted by molar-refractivity contribution is 5.69. The van der Waals surface area contributed by atoms with Crippen LogP contribution < -0.4 is 15.8 Å². The number of aryl methyl sites for hydroxylation is 1. The molecule has 7 nitrogen and oxygen atoms in total. The second-order valence-corrected chi connectivity index (χ2v) is 7.05. The molecule has 0 saturated heterocycles. The van der Waals surface area contributed by atoms with Crippen molar-refractivity contribution in [3.05, 3.63) is 30.6 Å². The lowest BCUT2D eigenvalue weighted by Gasteiger charge is -2.22. The highest BCUT2D eigenvalue weighted by Crippen LogP contribution is 2.27. The monoisotopic (exact) mass is 346 g/mol. The Morgan fingerprint density at radius 1 is 1.32 bits per heavy atom. The fourth-order valence-electron chi connectivity index (χ4n) is 2.21. The van der Waals surface area contributed by atoms with Crippen molar-refractivity contribution in [1.82, 2.24) is 15.1 Å². The summed E-state index contributed by atoms with van der Waals surface area (Å²) in [7, 11) is 1.86. The van der Waals surface area contributed by atoms with Crippen molar-refractivity contribution in [3.8, 4) is 16.9 Å². The molecule has 0 bridgehead atoms. The lowest BCUT2D eigenvalue weighted by Crippen LogP contribution is -2.40. The number of ether oxygens (including phenoxy) is 2. The maximum atomic E-state index is 11.8. The molecule has 1 heterocycles. The quantitative estimate of drug-likeness (QED) is 0.812. The lowest BCUT2D eigenvalue weighted by molar-refractivity contribution is 0.0494. The van der Waals surface area contributed by atoms with Gasteiger partial charge in [0.15, 0.2) is 0 Å². The minimum Gasteiger partial charge on any atom is -0.491 e. The third kappa shape index (κ3) is 6.02. The molecule has 1 aromatic carbocycles. The van der Waals surface area contributed by atoms with Crippen LogP contribution in [-0.2, 0) is 11.8 Å². The molecule has 0 aliphatic rings. The highest BCUT2D eigenvalue weighted by atomic mass is 16.6. The van der Waals surface area contributed by atoms with Crippen molar-refractivity contribution >= 4 is 11.8 Å². The van der Waals surface area contributed by atoms with E-state index >= 15 is 0 Å². The van der Waals surface area contributed by atoms with Gasteiger partial charge in [0.2, 0.25) is 0 Å². The summed E-state index contributed by atoms with van der Waals surface area (Å²) >= 11 is 0. The Labute approximate surface area is 148 Å². The average Bonchev–Trinajstić information content (AvgIpc) is 2.89. The van der Waals surface area contributed by atoms with E-state index in [1.54, 1.807) is 16.9 Å². The van der Waals surface area contributed by atoms with Gasteiger partial charge in [-0.3, -0.25) is 4.68 Å².